The van der Waals surface area contributed by atoms with Crippen molar-refractivity contribution in [2.75, 3.05) is 19.5 Å². The molecule has 3 amide bonds. The highest BCUT2D eigenvalue weighted by Gasteiger charge is 2.36. The van der Waals surface area contributed by atoms with Crippen molar-refractivity contribution in [1.29, 1.82) is 0 Å². The van der Waals surface area contributed by atoms with E-state index < -0.39 is 23.7 Å². The number of imidazole rings is 1. The van der Waals surface area contributed by atoms with Crippen LogP contribution in [0.25, 0.3) is 0 Å². The van der Waals surface area contributed by atoms with Crippen molar-refractivity contribution in [1.82, 2.24) is 20.6 Å². The second kappa shape index (κ2) is 9.88. The summed E-state index contributed by atoms with van der Waals surface area (Å²) in [7, 11) is 2.96. The van der Waals surface area contributed by atoms with E-state index in [1.54, 1.807) is 0 Å². The molecule has 1 aromatic carbocycles. The summed E-state index contributed by atoms with van der Waals surface area (Å²) in [6.07, 6.45) is 2.21. The first-order valence-corrected chi connectivity index (χ1v) is 10.1. The first-order valence-electron chi connectivity index (χ1n) is 9.69. The number of anilines is 1. The van der Waals surface area contributed by atoms with Crippen LogP contribution in [0.4, 0.5) is 10.1 Å². The molecule has 1 aromatic heterocycles. The van der Waals surface area contributed by atoms with Crippen LogP contribution in [0.1, 0.15) is 40.2 Å². The zero-order chi connectivity index (χ0) is 22.5. The van der Waals surface area contributed by atoms with E-state index in [-0.39, 0.29) is 34.3 Å². The van der Waals surface area contributed by atoms with Crippen molar-refractivity contribution < 1.29 is 23.5 Å². The number of methoxy groups -OCH3 is 1. The molecule has 1 heterocycles. The van der Waals surface area contributed by atoms with Gasteiger partial charge in [-0.25, -0.2) is 9.37 Å². The Balaban J connectivity index is 1.63. The third-order valence-corrected chi connectivity index (χ3v) is 5.59. The number of ether oxygens (including phenoxy) is 1. The fourth-order valence-electron chi connectivity index (χ4n) is 3.62. The molecule has 2 aromatic rings. The number of carbonyl (C=O) groups excluding carboxylic acids is 3. The van der Waals surface area contributed by atoms with E-state index in [9.17, 15) is 18.8 Å². The maximum absolute atomic E-state index is 13.2. The number of benzene rings is 1. The normalized spacial score (nSPS) is 20.7. The van der Waals surface area contributed by atoms with Crippen LogP contribution < -0.4 is 16.0 Å². The van der Waals surface area contributed by atoms with Crippen molar-refractivity contribution in [2.45, 2.75) is 31.4 Å². The summed E-state index contributed by atoms with van der Waals surface area (Å²) in [6, 6.07) is 3.39. The molecular weight excluding hydrogens is 429 g/mol. The summed E-state index contributed by atoms with van der Waals surface area (Å²) in [5.74, 6) is -2.07. The van der Waals surface area contributed by atoms with Crippen molar-refractivity contribution in [3.63, 3.8) is 0 Å². The Morgan fingerprint density at radius 2 is 2.03 bits per heavy atom. The van der Waals surface area contributed by atoms with Crippen LogP contribution in [0.15, 0.2) is 24.5 Å². The number of halogens is 2. The van der Waals surface area contributed by atoms with Gasteiger partial charge in [-0.1, -0.05) is 11.6 Å². The number of nitrogens with zero attached hydrogens (tertiary/aromatic N) is 1. The van der Waals surface area contributed by atoms with Gasteiger partial charge in [0.1, 0.15) is 11.5 Å². The Kier molecular flexibility index (Phi) is 7.24. The van der Waals surface area contributed by atoms with E-state index in [0.717, 1.165) is 6.07 Å². The number of aromatic nitrogens is 2. The van der Waals surface area contributed by atoms with Gasteiger partial charge in [0, 0.05) is 20.1 Å². The lowest BCUT2D eigenvalue weighted by molar-refractivity contribution is -0.122. The molecule has 3 rings (SSSR count). The molecule has 11 heteroatoms. The van der Waals surface area contributed by atoms with Crippen molar-refractivity contribution in [3.05, 3.63) is 46.8 Å². The number of H-pyrrole nitrogens is 1. The average molecular weight is 452 g/mol. The predicted molar refractivity (Wildman–Crippen MR) is 111 cm³/mol. The maximum atomic E-state index is 13.2. The minimum absolute atomic E-state index is 0.0139. The number of carbonyl (C=O) groups is 3. The van der Waals surface area contributed by atoms with E-state index in [2.05, 4.69) is 25.9 Å². The van der Waals surface area contributed by atoms with E-state index >= 15 is 0 Å². The number of nitrogens with one attached hydrogen (secondary N) is 4. The van der Waals surface area contributed by atoms with Gasteiger partial charge in [-0.3, -0.25) is 14.4 Å². The van der Waals surface area contributed by atoms with Gasteiger partial charge in [0.2, 0.25) is 5.91 Å². The summed E-state index contributed by atoms with van der Waals surface area (Å²) in [4.78, 5) is 43.8. The van der Waals surface area contributed by atoms with Gasteiger partial charge < -0.3 is 25.7 Å². The number of rotatable bonds is 6. The molecule has 1 saturated carbocycles. The van der Waals surface area contributed by atoms with Gasteiger partial charge in [0.05, 0.1) is 29.2 Å². The first kappa shape index (κ1) is 22.7. The quantitative estimate of drug-likeness (QED) is 0.535. The molecule has 1 aliphatic carbocycles. The summed E-state index contributed by atoms with van der Waals surface area (Å²) in [5, 5.41) is 8.12. The van der Waals surface area contributed by atoms with Gasteiger partial charge in [0.25, 0.3) is 11.8 Å². The summed E-state index contributed by atoms with van der Waals surface area (Å²) < 4.78 is 18.7. The molecule has 0 bridgehead atoms. The third-order valence-electron chi connectivity index (χ3n) is 5.28. The van der Waals surface area contributed by atoms with Crippen LogP contribution in [0.3, 0.4) is 0 Å². The molecule has 1 fully saturated rings. The van der Waals surface area contributed by atoms with Crippen LogP contribution in [0.2, 0.25) is 5.02 Å². The van der Waals surface area contributed by atoms with Gasteiger partial charge in [0.15, 0.2) is 5.69 Å². The molecule has 1 aliphatic rings. The number of aromatic amines is 1. The zero-order valence-corrected chi connectivity index (χ0v) is 17.8. The molecule has 31 heavy (non-hydrogen) atoms. The third kappa shape index (κ3) is 5.20. The fraction of sp³-hybridized carbons (Fsp3) is 0.400. The monoisotopic (exact) mass is 451 g/mol. The highest BCUT2D eigenvalue weighted by atomic mass is 35.5. The van der Waals surface area contributed by atoms with Crippen LogP contribution in [-0.2, 0) is 9.53 Å². The van der Waals surface area contributed by atoms with Crippen LogP contribution in [0.5, 0.6) is 0 Å². The van der Waals surface area contributed by atoms with Gasteiger partial charge in [-0.2, -0.15) is 0 Å². The molecular formula is C20H23ClFN5O4. The summed E-state index contributed by atoms with van der Waals surface area (Å²) >= 11 is 5.98. The smallest absolute Gasteiger partial charge is 0.272 e. The molecule has 3 atom stereocenters. The molecule has 0 spiro atoms. The topological polar surface area (TPSA) is 125 Å². The predicted octanol–water partition coefficient (Wildman–Crippen LogP) is 2.11. The van der Waals surface area contributed by atoms with Gasteiger partial charge in [-0.05, 0) is 37.5 Å². The molecule has 0 unspecified atom stereocenters. The van der Waals surface area contributed by atoms with Gasteiger partial charge in [-0.15, -0.1) is 0 Å². The van der Waals surface area contributed by atoms with Crippen LogP contribution in [-0.4, -0.2) is 54.0 Å². The summed E-state index contributed by atoms with van der Waals surface area (Å²) in [5.41, 5.74) is 0.385. The lowest BCUT2D eigenvalue weighted by atomic mass is 9.83. The highest BCUT2D eigenvalue weighted by molar-refractivity contribution is 6.33. The second-order valence-corrected chi connectivity index (χ2v) is 7.59. The van der Waals surface area contributed by atoms with E-state index in [4.69, 9.17) is 16.3 Å². The SMILES string of the molecule is CNC(=O)c1[nH]cnc1C(=O)N[C@@H]1CC[C@@H](C(=O)Nc2ccc(F)cc2Cl)C[C@H]1OC. The van der Waals surface area contributed by atoms with Crippen LogP contribution >= 0.6 is 11.6 Å². The lowest BCUT2D eigenvalue weighted by Gasteiger charge is -2.35. The standard InChI is InChI=1S/C20H23ClFN5O4/c1-23-19(29)16-17(25-9-24-16)20(30)27-14-5-3-10(7-15(14)31-2)18(28)26-13-6-4-11(22)8-12(13)21/h4,6,8-10,14-15H,3,5,7H2,1-2H3,(H,23,29)(H,24,25)(H,26,28)(H,27,30)/t10-,14-,15-/m1/s1. The first-order chi connectivity index (χ1) is 14.8. The van der Waals surface area contributed by atoms with E-state index in [1.165, 1.54) is 32.6 Å². The van der Waals surface area contributed by atoms with Crippen LogP contribution in [0, 0.1) is 11.7 Å². The molecule has 0 aliphatic heterocycles. The molecule has 4 N–H and O–H groups in total. The van der Waals surface area contributed by atoms with Gasteiger partial charge >= 0.3 is 0 Å². The molecule has 9 nitrogen and oxygen atoms in total. The number of hydrogen-bond acceptors (Lipinski definition) is 5. The number of amides is 3. The minimum Gasteiger partial charge on any atom is -0.379 e. The Morgan fingerprint density at radius 3 is 2.71 bits per heavy atom. The van der Waals surface area contributed by atoms with Crippen molar-refractivity contribution >= 4 is 35.0 Å². The van der Waals surface area contributed by atoms with E-state index in [1.807, 2.05) is 0 Å². The largest absolute Gasteiger partial charge is 0.379 e. The highest BCUT2D eigenvalue weighted by Crippen LogP contribution is 2.29. The van der Waals surface area contributed by atoms with E-state index in [0.29, 0.717) is 24.9 Å². The molecule has 0 radical (unpaired) electrons. The lowest BCUT2D eigenvalue weighted by Crippen LogP contribution is -2.49. The number of hydrogen-bond donors (Lipinski definition) is 4. The Hall–Kier alpha value is -2.98. The minimum atomic E-state index is -0.507. The van der Waals surface area contributed by atoms with Crippen molar-refractivity contribution in [2.24, 2.45) is 5.92 Å². The summed E-state index contributed by atoms with van der Waals surface area (Å²) in [6.45, 7) is 0. The molecule has 166 valence electrons. The second-order valence-electron chi connectivity index (χ2n) is 7.18. The Labute approximate surface area is 183 Å². The Bertz CT molecular complexity index is 982. The zero-order valence-electron chi connectivity index (χ0n) is 17.0. The molecule has 0 saturated heterocycles. The fourth-order valence-corrected chi connectivity index (χ4v) is 3.83. The maximum Gasteiger partial charge on any atom is 0.272 e. The average Bonchev–Trinajstić information content (AvgIpc) is 3.25. The van der Waals surface area contributed by atoms with Crippen molar-refractivity contribution in [3.8, 4) is 0 Å². The Morgan fingerprint density at radius 1 is 1.26 bits per heavy atom.